The van der Waals surface area contributed by atoms with Crippen molar-refractivity contribution in [2.45, 2.75) is 104 Å². The lowest BCUT2D eigenvalue weighted by molar-refractivity contribution is -0.196. The minimum atomic E-state index is -0.470. The van der Waals surface area contributed by atoms with E-state index >= 15 is 0 Å². The molecule has 2 saturated heterocycles. The maximum Gasteiger partial charge on any atom is 0.410 e. The Labute approximate surface area is 285 Å². The third-order valence-corrected chi connectivity index (χ3v) is 10.8. The first-order chi connectivity index (χ1) is 22.1. The summed E-state index contributed by atoms with van der Waals surface area (Å²) in [6.45, 7) is 17.8. The average molecular weight is 664 g/mol. The predicted octanol–water partition coefficient (Wildman–Crippen LogP) is 8.16. The van der Waals surface area contributed by atoms with Gasteiger partial charge in [0.2, 0.25) is 0 Å². The molecule has 0 N–H and O–H groups in total. The molecule has 0 radical (unpaired) electrons. The Morgan fingerprint density at radius 1 is 0.894 bits per heavy atom. The van der Waals surface area contributed by atoms with Gasteiger partial charge in [0.05, 0.1) is 10.6 Å². The number of carbonyl (C=O) groups excluding carboxylic acids is 2. The first-order valence-corrected chi connectivity index (χ1v) is 17.3. The largest absolute Gasteiger partial charge is 0.490 e. The van der Waals surface area contributed by atoms with Gasteiger partial charge >= 0.3 is 6.09 Å². The van der Waals surface area contributed by atoms with Gasteiger partial charge in [-0.3, -0.25) is 9.69 Å². The second kappa shape index (κ2) is 13.7. The molecule has 2 heterocycles. The summed E-state index contributed by atoms with van der Waals surface area (Å²) in [5.41, 5.74) is 0.183. The van der Waals surface area contributed by atoms with Crippen molar-refractivity contribution in [3.05, 3.63) is 58.6 Å². The number of piperidine rings is 2. The summed E-state index contributed by atoms with van der Waals surface area (Å²) in [5.74, 6) is 1.68. The standard InChI is InChI=1S/C38H50ClN3O5/c1-36(2,3)47-35(44)42-18-14-27(15-19-42)41-20-16-29(17-21-41)45-28-11-8-25(9-12-28)32(43)23-33-37(4,5)34(38(33,6)7)46-30-13-10-26(24-40)31(39)22-30/h8-13,22,27,29,33-34H,14-21,23H2,1-7H3. The molecule has 8 nitrogen and oxygen atoms in total. The number of halogens is 1. The second-order valence-electron chi connectivity index (χ2n) is 15.7. The number of likely N-dealkylation sites (tertiary alicyclic amines) is 2. The molecule has 47 heavy (non-hydrogen) atoms. The SMILES string of the molecule is CC(C)(C)OC(=O)N1CCC(N2CCC(Oc3ccc(C(=O)CC4C(C)(C)C(Oc5ccc(C#N)c(Cl)c5)C4(C)C)cc3)CC2)CC1. The highest BCUT2D eigenvalue weighted by Gasteiger charge is 2.63. The van der Waals surface area contributed by atoms with Gasteiger partial charge < -0.3 is 19.1 Å². The van der Waals surface area contributed by atoms with Gasteiger partial charge in [-0.2, -0.15) is 5.26 Å². The van der Waals surface area contributed by atoms with Crippen LogP contribution in [0.4, 0.5) is 4.79 Å². The van der Waals surface area contributed by atoms with Crippen molar-refractivity contribution in [2.24, 2.45) is 16.7 Å². The molecule has 9 heteroatoms. The second-order valence-corrected chi connectivity index (χ2v) is 16.1. The Morgan fingerprint density at radius 3 is 2.04 bits per heavy atom. The number of hydrogen-bond donors (Lipinski definition) is 0. The van der Waals surface area contributed by atoms with Crippen LogP contribution in [0.5, 0.6) is 11.5 Å². The summed E-state index contributed by atoms with van der Waals surface area (Å²) in [6.07, 6.45) is 4.11. The lowest BCUT2D eigenvalue weighted by Gasteiger charge is -2.63. The number of rotatable bonds is 8. The Hall–Kier alpha value is -3.28. The van der Waals surface area contributed by atoms with Crippen LogP contribution in [-0.2, 0) is 4.74 Å². The highest BCUT2D eigenvalue weighted by Crippen LogP contribution is 2.61. The maximum atomic E-state index is 13.4. The molecule has 0 bridgehead atoms. The van der Waals surface area contributed by atoms with Crippen molar-refractivity contribution in [3.63, 3.8) is 0 Å². The first kappa shape index (κ1) is 35.0. The molecule has 2 aromatic rings. The van der Waals surface area contributed by atoms with Crippen molar-refractivity contribution in [2.75, 3.05) is 26.2 Å². The topological polar surface area (TPSA) is 92.1 Å². The zero-order chi connectivity index (χ0) is 34.1. The third kappa shape index (κ3) is 7.90. The zero-order valence-electron chi connectivity index (χ0n) is 29.0. The zero-order valence-corrected chi connectivity index (χ0v) is 29.7. The molecule has 1 saturated carbocycles. The average Bonchev–Trinajstić information content (AvgIpc) is 3.02. The molecular weight excluding hydrogens is 614 g/mol. The quantitative estimate of drug-likeness (QED) is 0.263. The Kier molecular flexibility index (Phi) is 10.2. The van der Waals surface area contributed by atoms with Crippen LogP contribution in [0.1, 0.15) is 96.5 Å². The van der Waals surface area contributed by atoms with Crippen LogP contribution >= 0.6 is 11.6 Å². The van der Waals surface area contributed by atoms with Gasteiger partial charge in [0.15, 0.2) is 5.78 Å². The van der Waals surface area contributed by atoms with Gasteiger partial charge in [0.25, 0.3) is 0 Å². The van der Waals surface area contributed by atoms with Crippen LogP contribution < -0.4 is 9.47 Å². The molecule has 0 spiro atoms. The van der Waals surface area contributed by atoms with Crippen molar-refractivity contribution in [1.29, 1.82) is 5.26 Å². The van der Waals surface area contributed by atoms with E-state index in [0.717, 1.165) is 57.6 Å². The molecule has 254 valence electrons. The normalized spacial score (nSPS) is 23.3. The lowest BCUT2D eigenvalue weighted by Crippen LogP contribution is -2.66. The number of ketones is 1. The number of hydrogen-bond acceptors (Lipinski definition) is 7. The molecule has 2 aliphatic heterocycles. The highest BCUT2D eigenvalue weighted by atomic mass is 35.5. The van der Waals surface area contributed by atoms with Gasteiger partial charge in [0.1, 0.15) is 35.4 Å². The number of benzene rings is 2. The lowest BCUT2D eigenvalue weighted by atomic mass is 9.44. The fourth-order valence-corrected chi connectivity index (χ4v) is 8.34. The van der Waals surface area contributed by atoms with Crippen LogP contribution in [0.3, 0.4) is 0 Å². The number of ether oxygens (including phenoxy) is 3. The summed E-state index contributed by atoms with van der Waals surface area (Å²) >= 11 is 6.24. The van der Waals surface area contributed by atoms with Crippen molar-refractivity contribution >= 4 is 23.5 Å². The van der Waals surface area contributed by atoms with Crippen LogP contribution in [0.25, 0.3) is 0 Å². The molecule has 0 atom stereocenters. The third-order valence-electron chi connectivity index (χ3n) is 10.4. The van der Waals surface area contributed by atoms with Gasteiger partial charge in [-0.15, -0.1) is 0 Å². The van der Waals surface area contributed by atoms with Crippen molar-refractivity contribution in [3.8, 4) is 17.6 Å². The molecule has 3 fully saturated rings. The maximum absolute atomic E-state index is 13.4. The van der Waals surface area contributed by atoms with Crippen molar-refractivity contribution in [1.82, 2.24) is 9.80 Å². The fraction of sp³-hybridized carbons (Fsp3) is 0.605. The predicted molar refractivity (Wildman–Crippen MR) is 183 cm³/mol. The molecular formula is C38H50ClN3O5. The smallest absolute Gasteiger partial charge is 0.410 e. The first-order valence-electron chi connectivity index (χ1n) is 17.0. The highest BCUT2D eigenvalue weighted by molar-refractivity contribution is 6.31. The number of nitrogens with zero attached hydrogens (tertiary/aromatic N) is 3. The molecule has 2 aromatic carbocycles. The van der Waals surface area contributed by atoms with E-state index in [4.69, 9.17) is 25.8 Å². The number of amides is 1. The summed E-state index contributed by atoms with van der Waals surface area (Å²) in [5, 5.41) is 9.55. The van der Waals surface area contributed by atoms with E-state index in [0.29, 0.717) is 34.4 Å². The summed E-state index contributed by atoms with van der Waals surface area (Å²) in [7, 11) is 0. The van der Waals surface area contributed by atoms with E-state index in [1.807, 2.05) is 49.9 Å². The van der Waals surface area contributed by atoms with E-state index in [1.165, 1.54) is 0 Å². The van der Waals surface area contributed by atoms with Gasteiger partial charge in [-0.05, 0) is 88.8 Å². The molecule has 0 unspecified atom stereocenters. The van der Waals surface area contributed by atoms with E-state index in [1.54, 1.807) is 18.2 Å². The molecule has 3 aliphatic rings. The molecule has 5 rings (SSSR count). The monoisotopic (exact) mass is 663 g/mol. The van der Waals surface area contributed by atoms with Crippen LogP contribution in [0, 0.1) is 28.1 Å². The number of carbonyl (C=O) groups is 2. The summed E-state index contributed by atoms with van der Waals surface area (Å²) in [6, 6.07) is 15.3. The summed E-state index contributed by atoms with van der Waals surface area (Å²) < 4.78 is 18.3. The molecule has 0 aromatic heterocycles. The fourth-order valence-electron chi connectivity index (χ4n) is 8.13. The molecule has 1 amide bonds. The van der Waals surface area contributed by atoms with Gasteiger partial charge in [0, 0.05) is 61.1 Å². The van der Waals surface area contributed by atoms with Gasteiger partial charge in [-0.1, -0.05) is 39.3 Å². The van der Waals surface area contributed by atoms with E-state index in [2.05, 4.69) is 38.7 Å². The number of nitriles is 1. The van der Waals surface area contributed by atoms with E-state index in [-0.39, 0.29) is 40.8 Å². The van der Waals surface area contributed by atoms with Crippen LogP contribution in [0.2, 0.25) is 5.02 Å². The van der Waals surface area contributed by atoms with E-state index < -0.39 is 5.60 Å². The van der Waals surface area contributed by atoms with E-state index in [9.17, 15) is 14.9 Å². The Bertz CT molecular complexity index is 1460. The molecule has 1 aliphatic carbocycles. The summed E-state index contributed by atoms with van der Waals surface area (Å²) in [4.78, 5) is 30.2. The van der Waals surface area contributed by atoms with Crippen LogP contribution in [0.15, 0.2) is 42.5 Å². The Balaban J connectivity index is 1.08. The minimum Gasteiger partial charge on any atom is -0.490 e. The Morgan fingerprint density at radius 2 is 1.49 bits per heavy atom. The van der Waals surface area contributed by atoms with Crippen LogP contribution in [-0.4, -0.2) is 71.7 Å². The minimum absolute atomic E-state index is 0.107. The number of Topliss-reactive ketones (excluding diaryl/α,β-unsaturated/α-hetero) is 1. The van der Waals surface area contributed by atoms with Crippen molar-refractivity contribution < 1.29 is 23.8 Å². The van der Waals surface area contributed by atoms with Gasteiger partial charge in [-0.25, -0.2) is 4.79 Å².